The second-order valence-corrected chi connectivity index (χ2v) is 5.43. The SMILES string of the molecule is CCC(CC)n1ccc(C(=O)NC(C#N)c2ccccc2OC)n1. The van der Waals surface area contributed by atoms with E-state index < -0.39 is 6.04 Å². The van der Waals surface area contributed by atoms with Gasteiger partial charge < -0.3 is 10.1 Å². The molecule has 1 atom stereocenters. The molecule has 0 aliphatic rings. The number of benzene rings is 1. The van der Waals surface area contributed by atoms with Gasteiger partial charge in [0.2, 0.25) is 0 Å². The molecule has 0 radical (unpaired) electrons. The van der Waals surface area contributed by atoms with Crippen molar-refractivity contribution in [2.24, 2.45) is 0 Å². The lowest BCUT2D eigenvalue weighted by atomic mass is 10.1. The first-order valence-electron chi connectivity index (χ1n) is 8.03. The van der Waals surface area contributed by atoms with Crippen LogP contribution in [-0.2, 0) is 0 Å². The molecule has 2 aromatic rings. The van der Waals surface area contributed by atoms with Crippen molar-refractivity contribution in [2.75, 3.05) is 7.11 Å². The Bertz CT molecular complexity index is 729. The van der Waals surface area contributed by atoms with E-state index in [1.54, 1.807) is 35.1 Å². The van der Waals surface area contributed by atoms with E-state index in [1.807, 2.05) is 6.07 Å². The molecule has 0 bridgehead atoms. The van der Waals surface area contributed by atoms with Crippen molar-refractivity contribution in [3.63, 3.8) is 0 Å². The molecule has 0 saturated carbocycles. The maximum absolute atomic E-state index is 12.4. The number of carbonyl (C=O) groups excluding carboxylic acids is 1. The van der Waals surface area contributed by atoms with Gasteiger partial charge in [-0.25, -0.2) is 0 Å². The van der Waals surface area contributed by atoms with Crippen molar-refractivity contribution in [1.82, 2.24) is 15.1 Å². The number of carbonyl (C=O) groups is 1. The lowest BCUT2D eigenvalue weighted by Gasteiger charge is -2.15. The second-order valence-electron chi connectivity index (χ2n) is 5.43. The normalized spacial score (nSPS) is 11.8. The Balaban J connectivity index is 2.17. The Kier molecular flexibility index (Phi) is 5.96. The van der Waals surface area contributed by atoms with Crippen molar-refractivity contribution in [3.05, 3.63) is 47.8 Å². The zero-order valence-electron chi connectivity index (χ0n) is 14.2. The standard InChI is InChI=1S/C18H22N4O2/c1-4-13(5-2)22-11-10-15(21-22)18(23)20-16(12-19)14-8-6-7-9-17(14)24-3/h6-11,13,16H,4-5H2,1-3H3,(H,20,23). The molecule has 1 heterocycles. The summed E-state index contributed by atoms with van der Waals surface area (Å²) in [4.78, 5) is 12.4. The van der Waals surface area contributed by atoms with Crippen LogP contribution in [0.5, 0.6) is 5.75 Å². The first-order chi connectivity index (χ1) is 11.6. The largest absolute Gasteiger partial charge is 0.496 e. The highest BCUT2D eigenvalue weighted by molar-refractivity contribution is 5.92. The second kappa shape index (κ2) is 8.16. The molecule has 6 nitrogen and oxygen atoms in total. The molecular formula is C18H22N4O2. The zero-order valence-corrected chi connectivity index (χ0v) is 14.2. The molecule has 1 aromatic heterocycles. The van der Waals surface area contributed by atoms with Gasteiger partial charge in [-0.15, -0.1) is 0 Å². The Morgan fingerprint density at radius 2 is 2.04 bits per heavy atom. The number of nitrogens with one attached hydrogen (secondary N) is 1. The molecule has 1 amide bonds. The topological polar surface area (TPSA) is 79.9 Å². The average Bonchev–Trinajstić information content (AvgIpc) is 3.10. The van der Waals surface area contributed by atoms with Crippen LogP contribution in [0, 0.1) is 11.3 Å². The molecule has 0 spiro atoms. The summed E-state index contributed by atoms with van der Waals surface area (Å²) in [7, 11) is 1.53. The smallest absolute Gasteiger partial charge is 0.273 e. The minimum Gasteiger partial charge on any atom is -0.496 e. The van der Waals surface area contributed by atoms with Gasteiger partial charge in [-0.2, -0.15) is 10.4 Å². The summed E-state index contributed by atoms with van der Waals surface area (Å²) >= 11 is 0. The van der Waals surface area contributed by atoms with E-state index in [2.05, 4.69) is 30.3 Å². The lowest BCUT2D eigenvalue weighted by Crippen LogP contribution is -2.28. The summed E-state index contributed by atoms with van der Waals surface area (Å²) in [5, 5.41) is 16.5. The van der Waals surface area contributed by atoms with Crippen molar-refractivity contribution in [1.29, 1.82) is 5.26 Å². The lowest BCUT2D eigenvalue weighted by molar-refractivity contribution is 0.0938. The third-order valence-corrected chi connectivity index (χ3v) is 4.01. The van der Waals surface area contributed by atoms with Crippen molar-refractivity contribution in [2.45, 2.75) is 38.8 Å². The molecule has 0 saturated heterocycles. The Morgan fingerprint density at radius 3 is 2.67 bits per heavy atom. The molecule has 1 aromatic carbocycles. The molecule has 1 unspecified atom stereocenters. The molecule has 0 fully saturated rings. The monoisotopic (exact) mass is 326 g/mol. The zero-order chi connectivity index (χ0) is 17.5. The van der Waals surface area contributed by atoms with Crippen LogP contribution in [0.4, 0.5) is 0 Å². The van der Waals surface area contributed by atoms with Gasteiger partial charge in [-0.05, 0) is 25.0 Å². The fourth-order valence-corrected chi connectivity index (χ4v) is 2.61. The number of ether oxygens (including phenoxy) is 1. The van der Waals surface area contributed by atoms with E-state index in [-0.39, 0.29) is 11.9 Å². The maximum atomic E-state index is 12.4. The number of rotatable bonds is 7. The van der Waals surface area contributed by atoms with Gasteiger partial charge in [0.25, 0.3) is 5.91 Å². The van der Waals surface area contributed by atoms with Gasteiger partial charge >= 0.3 is 0 Å². The predicted molar refractivity (Wildman–Crippen MR) is 90.7 cm³/mol. The molecular weight excluding hydrogens is 304 g/mol. The maximum Gasteiger partial charge on any atom is 0.273 e. The molecule has 6 heteroatoms. The van der Waals surface area contributed by atoms with Gasteiger partial charge in [0, 0.05) is 11.8 Å². The molecule has 0 aliphatic carbocycles. The van der Waals surface area contributed by atoms with Crippen LogP contribution in [0.3, 0.4) is 0 Å². The van der Waals surface area contributed by atoms with Crippen LogP contribution >= 0.6 is 0 Å². The van der Waals surface area contributed by atoms with E-state index >= 15 is 0 Å². The number of amides is 1. The quantitative estimate of drug-likeness (QED) is 0.847. The van der Waals surface area contributed by atoms with E-state index in [0.29, 0.717) is 17.0 Å². The third kappa shape index (κ3) is 3.74. The van der Waals surface area contributed by atoms with Crippen LogP contribution in [0.2, 0.25) is 0 Å². The van der Waals surface area contributed by atoms with E-state index in [1.165, 1.54) is 7.11 Å². The Hall–Kier alpha value is -2.81. The van der Waals surface area contributed by atoms with Crippen molar-refractivity contribution < 1.29 is 9.53 Å². The van der Waals surface area contributed by atoms with E-state index in [0.717, 1.165) is 12.8 Å². The molecule has 0 aliphatic heterocycles. The number of methoxy groups -OCH3 is 1. The van der Waals surface area contributed by atoms with E-state index in [4.69, 9.17) is 4.74 Å². The number of nitrogens with zero attached hydrogens (tertiary/aromatic N) is 3. The molecule has 24 heavy (non-hydrogen) atoms. The Labute approximate surface area is 142 Å². The van der Waals surface area contributed by atoms with Crippen molar-refractivity contribution in [3.8, 4) is 11.8 Å². The summed E-state index contributed by atoms with van der Waals surface area (Å²) < 4.78 is 7.06. The summed E-state index contributed by atoms with van der Waals surface area (Å²) in [5.74, 6) is 0.184. The first-order valence-corrected chi connectivity index (χ1v) is 8.03. The third-order valence-electron chi connectivity index (χ3n) is 4.01. The van der Waals surface area contributed by atoms with Crippen LogP contribution in [-0.4, -0.2) is 22.8 Å². The highest BCUT2D eigenvalue weighted by Crippen LogP contribution is 2.24. The van der Waals surface area contributed by atoms with Gasteiger partial charge in [0.1, 0.15) is 17.5 Å². The number of para-hydroxylation sites is 1. The van der Waals surface area contributed by atoms with Gasteiger partial charge in [0.05, 0.1) is 19.2 Å². The van der Waals surface area contributed by atoms with Crippen LogP contribution in [0.1, 0.15) is 54.8 Å². The minimum absolute atomic E-state index is 0.271. The molecule has 2 rings (SSSR count). The minimum atomic E-state index is -0.799. The average molecular weight is 326 g/mol. The molecule has 1 N–H and O–H groups in total. The number of aromatic nitrogens is 2. The number of hydrogen-bond donors (Lipinski definition) is 1. The van der Waals surface area contributed by atoms with Crippen LogP contribution < -0.4 is 10.1 Å². The van der Waals surface area contributed by atoms with Gasteiger partial charge in [-0.1, -0.05) is 32.0 Å². The summed E-state index contributed by atoms with van der Waals surface area (Å²) in [5.41, 5.74) is 0.923. The summed E-state index contributed by atoms with van der Waals surface area (Å²) in [6, 6.07) is 10.4. The number of nitriles is 1. The number of hydrogen-bond acceptors (Lipinski definition) is 4. The van der Waals surface area contributed by atoms with Crippen LogP contribution in [0.25, 0.3) is 0 Å². The fourth-order valence-electron chi connectivity index (χ4n) is 2.61. The predicted octanol–water partition coefficient (Wildman–Crippen LogP) is 3.25. The van der Waals surface area contributed by atoms with Crippen LogP contribution in [0.15, 0.2) is 36.5 Å². The summed E-state index contributed by atoms with van der Waals surface area (Å²) in [6.45, 7) is 4.17. The first kappa shape index (κ1) is 17.5. The van der Waals surface area contributed by atoms with E-state index in [9.17, 15) is 10.1 Å². The Morgan fingerprint density at radius 1 is 1.33 bits per heavy atom. The molecule has 126 valence electrons. The highest BCUT2D eigenvalue weighted by Gasteiger charge is 2.20. The van der Waals surface area contributed by atoms with Gasteiger partial charge in [-0.3, -0.25) is 9.48 Å². The fraction of sp³-hybridized carbons (Fsp3) is 0.389. The van der Waals surface area contributed by atoms with Crippen molar-refractivity contribution >= 4 is 5.91 Å². The summed E-state index contributed by atoms with van der Waals surface area (Å²) in [6.07, 6.45) is 3.69. The highest BCUT2D eigenvalue weighted by atomic mass is 16.5. The van der Waals surface area contributed by atoms with Gasteiger partial charge in [0.15, 0.2) is 0 Å².